The number of amides is 1. The standard InChI is InChI=1S/C15H17N5O4/c1-3-4-5-11(15(22)23)17-14(21)10-6-7-13(24-2)12(8-10)20-9-16-18-19-20/h3-4,6-9,11H,5H2,1-2H3,(H,17,21)(H,22,23)/b4-3+. The molecule has 1 heterocycles. The predicted molar refractivity (Wildman–Crippen MR) is 84.0 cm³/mol. The second kappa shape index (κ2) is 7.86. The Kier molecular flexibility index (Phi) is 5.61. The van der Waals surface area contributed by atoms with Gasteiger partial charge in [0.2, 0.25) is 0 Å². The van der Waals surface area contributed by atoms with Gasteiger partial charge in [0, 0.05) is 5.56 Å². The number of tetrazole rings is 1. The predicted octanol–water partition coefficient (Wildman–Crippen LogP) is 0.820. The summed E-state index contributed by atoms with van der Waals surface area (Å²) in [5.74, 6) is -1.14. The number of hydrogen-bond acceptors (Lipinski definition) is 6. The first-order valence-corrected chi connectivity index (χ1v) is 7.13. The summed E-state index contributed by atoms with van der Waals surface area (Å²) in [4.78, 5) is 23.6. The number of hydrogen-bond donors (Lipinski definition) is 2. The highest BCUT2D eigenvalue weighted by molar-refractivity contribution is 5.97. The van der Waals surface area contributed by atoms with Crippen LogP contribution in [0, 0.1) is 0 Å². The summed E-state index contributed by atoms with van der Waals surface area (Å²) >= 11 is 0. The molecule has 2 N–H and O–H groups in total. The van der Waals surface area contributed by atoms with E-state index in [1.165, 1.54) is 30.3 Å². The largest absolute Gasteiger partial charge is 0.494 e. The lowest BCUT2D eigenvalue weighted by atomic mass is 10.1. The van der Waals surface area contributed by atoms with Crippen LogP contribution in [0.3, 0.4) is 0 Å². The molecule has 0 bridgehead atoms. The molecule has 0 aliphatic carbocycles. The molecule has 9 heteroatoms. The van der Waals surface area contributed by atoms with Crippen LogP contribution in [0.4, 0.5) is 0 Å². The summed E-state index contributed by atoms with van der Waals surface area (Å²) in [7, 11) is 1.49. The lowest BCUT2D eigenvalue weighted by Crippen LogP contribution is -2.40. The van der Waals surface area contributed by atoms with Crippen LogP contribution in [0.1, 0.15) is 23.7 Å². The minimum Gasteiger partial charge on any atom is -0.494 e. The molecule has 0 radical (unpaired) electrons. The van der Waals surface area contributed by atoms with Crippen molar-refractivity contribution in [3.05, 3.63) is 42.2 Å². The zero-order valence-electron chi connectivity index (χ0n) is 13.2. The van der Waals surface area contributed by atoms with Crippen LogP contribution in [0.2, 0.25) is 0 Å². The number of aromatic nitrogens is 4. The van der Waals surface area contributed by atoms with Gasteiger partial charge in [0.05, 0.1) is 7.11 Å². The molecule has 0 aliphatic rings. The molecule has 1 atom stereocenters. The molecular weight excluding hydrogens is 314 g/mol. The third kappa shape index (κ3) is 3.94. The second-order valence-corrected chi connectivity index (χ2v) is 4.81. The highest BCUT2D eigenvalue weighted by Crippen LogP contribution is 2.23. The molecule has 24 heavy (non-hydrogen) atoms. The number of methoxy groups -OCH3 is 1. The van der Waals surface area contributed by atoms with E-state index in [0.717, 1.165) is 0 Å². The number of aliphatic carboxylic acids is 1. The maximum absolute atomic E-state index is 12.3. The van der Waals surface area contributed by atoms with E-state index in [9.17, 15) is 14.7 Å². The van der Waals surface area contributed by atoms with Crippen molar-refractivity contribution < 1.29 is 19.4 Å². The Morgan fingerprint density at radius 1 is 1.46 bits per heavy atom. The van der Waals surface area contributed by atoms with Crippen molar-refractivity contribution in [2.75, 3.05) is 7.11 Å². The average molecular weight is 331 g/mol. The summed E-state index contributed by atoms with van der Waals surface area (Å²) in [5.41, 5.74) is 0.739. The summed E-state index contributed by atoms with van der Waals surface area (Å²) < 4.78 is 6.58. The SMILES string of the molecule is C/C=C/CC(NC(=O)c1ccc(OC)c(-n2cnnn2)c1)C(=O)O. The molecule has 0 spiro atoms. The molecule has 1 amide bonds. The number of carbonyl (C=O) groups is 2. The van der Waals surface area contributed by atoms with E-state index in [-0.39, 0.29) is 12.0 Å². The van der Waals surface area contributed by atoms with Crippen LogP contribution >= 0.6 is 0 Å². The quantitative estimate of drug-likeness (QED) is 0.721. The Hall–Kier alpha value is -3.23. The molecule has 1 aromatic carbocycles. The van der Waals surface area contributed by atoms with Gasteiger partial charge in [-0.15, -0.1) is 5.10 Å². The molecular formula is C15H17N5O4. The van der Waals surface area contributed by atoms with Gasteiger partial charge in [0.1, 0.15) is 23.8 Å². The summed E-state index contributed by atoms with van der Waals surface area (Å²) in [6, 6.07) is 3.65. The third-order valence-electron chi connectivity index (χ3n) is 3.25. The fraction of sp³-hybridized carbons (Fsp3) is 0.267. The Morgan fingerprint density at radius 2 is 2.25 bits per heavy atom. The summed E-state index contributed by atoms with van der Waals surface area (Å²) in [6.45, 7) is 1.78. The van der Waals surface area contributed by atoms with Gasteiger partial charge < -0.3 is 15.2 Å². The summed E-state index contributed by atoms with van der Waals surface area (Å²) in [5, 5.41) is 22.5. The van der Waals surface area contributed by atoms with Gasteiger partial charge in [-0.3, -0.25) is 4.79 Å². The van der Waals surface area contributed by atoms with Crippen LogP contribution in [0.5, 0.6) is 5.75 Å². The molecule has 0 fully saturated rings. The van der Waals surface area contributed by atoms with Gasteiger partial charge in [-0.2, -0.15) is 4.68 Å². The maximum Gasteiger partial charge on any atom is 0.326 e. The highest BCUT2D eigenvalue weighted by Gasteiger charge is 2.20. The maximum atomic E-state index is 12.3. The first kappa shape index (κ1) is 17.1. The molecule has 2 aromatic rings. The monoisotopic (exact) mass is 331 g/mol. The highest BCUT2D eigenvalue weighted by atomic mass is 16.5. The van der Waals surface area contributed by atoms with Gasteiger partial charge in [0.25, 0.3) is 5.91 Å². The van der Waals surface area contributed by atoms with Crippen molar-refractivity contribution in [2.45, 2.75) is 19.4 Å². The number of nitrogens with one attached hydrogen (secondary N) is 1. The van der Waals surface area contributed by atoms with E-state index in [1.54, 1.807) is 25.1 Å². The lowest BCUT2D eigenvalue weighted by molar-refractivity contribution is -0.139. The van der Waals surface area contributed by atoms with Crippen molar-refractivity contribution in [3.63, 3.8) is 0 Å². The van der Waals surface area contributed by atoms with Gasteiger partial charge in [-0.25, -0.2) is 4.79 Å². The molecule has 1 aromatic heterocycles. The number of carboxylic acid groups (broad SMARTS) is 1. The minimum absolute atomic E-state index is 0.202. The molecule has 9 nitrogen and oxygen atoms in total. The van der Waals surface area contributed by atoms with Crippen LogP contribution in [0.25, 0.3) is 5.69 Å². The number of benzene rings is 1. The van der Waals surface area contributed by atoms with Gasteiger partial charge in [-0.05, 0) is 42.0 Å². The summed E-state index contributed by atoms with van der Waals surface area (Å²) in [6.07, 6.45) is 4.98. The van der Waals surface area contributed by atoms with Crippen LogP contribution < -0.4 is 10.1 Å². The topological polar surface area (TPSA) is 119 Å². The van der Waals surface area contributed by atoms with Gasteiger partial charge in [0.15, 0.2) is 0 Å². The Morgan fingerprint density at radius 3 is 2.83 bits per heavy atom. The van der Waals surface area contributed by atoms with Crippen molar-refractivity contribution in [2.24, 2.45) is 0 Å². The second-order valence-electron chi connectivity index (χ2n) is 4.81. The van der Waals surface area contributed by atoms with Gasteiger partial charge in [-0.1, -0.05) is 12.2 Å². The van der Waals surface area contributed by atoms with E-state index in [4.69, 9.17) is 4.74 Å². The van der Waals surface area contributed by atoms with Crippen LogP contribution in [-0.2, 0) is 4.79 Å². The van der Waals surface area contributed by atoms with Crippen molar-refractivity contribution in [1.29, 1.82) is 0 Å². The lowest BCUT2D eigenvalue weighted by Gasteiger charge is -2.14. The van der Waals surface area contributed by atoms with E-state index in [0.29, 0.717) is 11.4 Å². The van der Waals surface area contributed by atoms with E-state index < -0.39 is 17.9 Å². The van der Waals surface area contributed by atoms with Crippen LogP contribution in [-0.4, -0.2) is 50.3 Å². The average Bonchev–Trinajstić information content (AvgIpc) is 3.11. The van der Waals surface area contributed by atoms with E-state index in [1.807, 2.05) is 0 Å². The van der Waals surface area contributed by atoms with Crippen molar-refractivity contribution in [3.8, 4) is 11.4 Å². The number of ether oxygens (including phenoxy) is 1. The fourth-order valence-electron chi connectivity index (χ4n) is 2.02. The molecule has 0 aliphatic heterocycles. The van der Waals surface area contributed by atoms with E-state index in [2.05, 4.69) is 20.8 Å². The molecule has 2 rings (SSSR count). The number of carbonyl (C=O) groups excluding carboxylic acids is 1. The number of allylic oxidation sites excluding steroid dienone is 1. The van der Waals surface area contributed by atoms with Gasteiger partial charge >= 0.3 is 5.97 Å². The number of nitrogens with zero attached hydrogens (tertiary/aromatic N) is 4. The molecule has 0 saturated carbocycles. The number of rotatable bonds is 7. The Labute approximate surface area is 137 Å². The van der Waals surface area contributed by atoms with E-state index >= 15 is 0 Å². The molecule has 1 unspecified atom stereocenters. The Bertz CT molecular complexity index is 742. The first-order chi connectivity index (χ1) is 11.6. The zero-order chi connectivity index (χ0) is 17.5. The van der Waals surface area contributed by atoms with Crippen LogP contribution in [0.15, 0.2) is 36.7 Å². The third-order valence-corrected chi connectivity index (χ3v) is 3.25. The Balaban J connectivity index is 2.26. The van der Waals surface area contributed by atoms with Crippen molar-refractivity contribution in [1.82, 2.24) is 25.5 Å². The first-order valence-electron chi connectivity index (χ1n) is 7.13. The zero-order valence-corrected chi connectivity index (χ0v) is 13.2. The normalized spacial score (nSPS) is 12.1. The fourth-order valence-corrected chi connectivity index (χ4v) is 2.02. The molecule has 126 valence electrons. The molecule has 0 saturated heterocycles. The smallest absolute Gasteiger partial charge is 0.326 e. The number of carboxylic acids is 1. The minimum atomic E-state index is -1.10. The van der Waals surface area contributed by atoms with Crippen molar-refractivity contribution >= 4 is 11.9 Å².